The minimum absolute atomic E-state index is 0.121. The minimum Gasteiger partial charge on any atom is -0.463 e. The summed E-state index contributed by atoms with van der Waals surface area (Å²) in [6.45, 7) is 4.04. The molecule has 1 aliphatic rings. The first-order valence-corrected chi connectivity index (χ1v) is 6.07. The molecular weight excluding hydrogens is 264 g/mol. The molecule has 1 fully saturated rings. The Morgan fingerprint density at radius 1 is 1.40 bits per heavy atom. The molecule has 0 spiro atoms. The number of carboxylic acid groups (broad SMARTS) is 1. The van der Waals surface area contributed by atoms with Crippen molar-refractivity contribution in [3.63, 3.8) is 0 Å². The average Bonchev–Trinajstić information content (AvgIpc) is 2.65. The molecule has 6 nitrogen and oxygen atoms in total. The monoisotopic (exact) mass is 282 g/mol. The van der Waals surface area contributed by atoms with Gasteiger partial charge < -0.3 is 19.7 Å². The first-order valence-electron chi connectivity index (χ1n) is 6.07. The van der Waals surface area contributed by atoms with Gasteiger partial charge in [0.2, 0.25) is 0 Å². The van der Waals surface area contributed by atoms with Gasteiger partial charge >= 0.3 is 12.1 Å². The number of hydrogen-bond acceptors (Lipinski definition) is 5. The number of hydrogen-bond donors (Lipinski definition) is 2. The standard InChI is InChI=1S/C8H8O3.C6H10O3/c9-8(10)11-6-7-4-2-1-3-5-7;1-6(2)3-9-5(8)4(6)7/h1-5H,6H2,(H,9,10);4,7H,3H2,1-2H3. The van der Waals surface area contributed by atoms with Gasteiger partial charge in [-0.15, -0.1) is 0 Å². The lowest BCUT2D eigenvalue weighted by atomic mass is 9.90. The van der Waals surface area contributed by atoms with Gasteiger partial charge in [-0.3, -0.25) is 0 Å². The molecule has 1 heterocycles. The molecule has 20 heavy (non-hydrogen) atoms. The van der Waals surface area contributed by atoms with Gasteiger partial charge in [0, 0.05) is 5.41 Å². The van der Waals surface area contributed by atoms with E-state index in [1.165, 1.54) is 0 Å². The van der Waals surface area contributed by atoms with Crippen LogP contribution in [-0.2, 0) is 20.9 Å². The Morgan fingerprint density at radius 2 is 2.00 bits per heavy atom. The topological polar surface area (TPSA) is 93.1 Å². The number of aliphatic hydroxyl groups excluding tert-OH is 1. The zero-order chi connectivity index (χ0) is 15.2. The lowest BCUT2D eigenvalue weighted by Gasteiger charge is -2.15. The number of carbonyl (C=O) groups is 2. The predicted octanol–water partition coefficient (Wildman–Crippen LogP) is 1.81. The molecule has 1 unspecified atom stereocenters. The second-order valence-electron chi connectivity index (χ2n) is 5.04. The third kappa shape index (κ3) is 4.89. The molecule has 0 amide bonds. The molecule has 1 aromatic rings. The van der Waals surface area contributed by atoms with Crippen LogP contribution < -0.4 is 0 Å². The molecule has 1 aromatic carbocycles. The fraction of sp³-hybridized carbons (Fsp3) is 0.429. The summed E-state index contributed by atoms with van der Waals surface area (Å²) in [5.74, 6) is -0.500. The van der Waals surface area contributed by atoms with Crippen LogP contribution in [0.2, 0.25) is 0 Å². The fourth-order valence-electron chi connectivity index (χ4n) is 1.45. The van der Waals surface area contributed by atoms with E-state index in [9.17, 15) is 9.59 Å². The number of esters is 1. The van der Waals surface area contributed by atoms with E-state index >= 15 is 0 Å². The molecule has 0 bridgehead atoms. The lowest BCUT2D eigenvalue weighted by molar-refractivity contribution is -0.145. The highest BCUT2D eigenvalue weighted by molar-refractivity contribution is 5.77. The Bertz CT molecular complexity index is 454. The second-order valence-corrected chi connectivity index (χ2v) is 5.04. The highest BCUT2D eigenvalue weighted by Gasteiger charge is 2.41. The van der Waals surface area contributed by atoms with Gasteiger partial charge in [0.15, 0.2) is 6.10 Å². The molecule has 1 atom stereocenters. The summed E-state index contributed by atoms with van der Waals surface area (Å²) in [6, 6.07) is 9.15. The highest BCUT2D eigenvalue weighted by Crippen LogP contribution is 2.27. The van der Waals surface area contributed by atoms with Crippen LogP contribution >= 0.6 is 0 Å². The summed E-state index contributed by atoms with van der Waals surface area (Å²) in [4.78, 5) is 20.5. The van der Waals surface area contributed by atoms with Crippen LogP contribution in [0.3, 0.4) is 0 Å². The maximum atomic E-state index is 10.5. The summed E-state index contributed by atoms with van der Waals surface area (Å²) in [7, 11) is 0. The van der Waals surface area contributed by atoms with Crippen molar-refractivity contribution in [1.82, 2.24) is 0 Å². The van der Waals surface area contributed by atoms with Crippen LogP contribution in [0.5, 0.6) is 0 Å². The molecule has 0 saturated carbocycles. The number of cyclic esters (lactones) is 1. The normalized spacial score (nSPS) is 19.6. The van der Waals surface area contributed by atoms with Gasteiger partial charge in [0.25, 0.3) is 0 Å². The Hall–Kier alpha value is -2.08. The fourth-order valence-corrected chi connectivity index (χ4v) is 1.45. The SMILES string of the molecule is CC1(C)COC(=O)C1O.O=C(O)OCc1ccccc1. The van der Waals surface area contributed by atoms with E-state index in [0.29, 0.717) is 6.61 Å². The summed E-state index contributed by atoms with van der Waals surface area (Å²) in [5, 5.41) is 17.2. The second kappa shape index (κ2) is 6.91. The van der Waals surface area contributed by atoms with Crippen molar-refractivity contribution in [3.05, 3.63) is 35.9 Å². The minimum atomic E-state index is -1.24. The first-order chi connectivity index (χ1) is 9.33. The van der Waals surface area contributed by atoms with Gasteiger partial charge in [0.05, 0.1) is 6.61 Å². The summed E-state index contributed by atoms with van der Waals surface area (Å²) in [6.07, 6.45) is -2.17. The molecule has 6 heteroatoms. The molecule has 0 aromatic heterocycles. The van der Waals surface area contributed by atoms with Crippen molar-refractivity contribution in [2.45, 2.75) is 26.6 Å². The smallest absolute Gasteiger partial charge is 0.463 e. The van der Waals surface area contributed by atoms with E-state index < -0.39 is 23.6 Å². The van der Waals surface area contributed by atoms with E-state index in [1.807, 2.05) is 30.3 Å². The molecule has 0 aliphatic carbocycles. The van der Waals surface area contributed by atoms with Crippen molar-refractivity contribution >= 4 is 12.1 Å². The first kappa shape index (κ1) is 16.0. The van der Waals surface area contributed by atoms with Gasteiger partial charge in [-0.25, -0.2) is 9.59 Å². The molecule has 0 radical (unpaired) electrons. The Balaban J connectivity index is 0.000000204. The number of aliphatic hydroxyl groups is 1. The zero-order valence-corrected chi connectivity index (χ0v) is 11.4. The summed E-state index contributed by atoms with van der Waals surface area (Å²) >= 11 is 0. The van der Waals surface area contributed by atoms with Gasteiger partial charge in [-0.1, -0.05) is 44.2 Å². The Labute approximate surface area is 116 Å². The number of carbonyl (C=O) groups excluding carboxylic acids is 1. The van der Waals surface area contributed by atoms with Crippen LogP contribution in [0.1, 0.15) is 19.4 Å². The van der Waals surface area contributed by atoms with Gasteiger partial charge in [-0.05, 0) is 5.56 Å². The van der Waals surface area contributed by atoms with Gasteiger partial charge in [-0.2, -0.15) is 0 Å². The van der Waals surface area contributed by atoms with Crippen molar-refractivity contribution in [3.8, 4) is 0 Å². The van der Waals surface area contributed by atoms with Crippen LogP contribution in [-0.4, -0.2) is 35.0 Å². The molecule has 110 valence electrons. The molecular formula is C14H18O6. The average molecular weight is 282 g/mol. The summed E-state index contributed by atoms with van der Waals surface area (Å²) in [5.41, 5.74) is 0.465. The maximum absolute atomic E-state index is 10.5. The van der Waals surface area contributed by atoms with E-state index in [1.54, 1.807) is 13.8 Å². The highest BCUT2D eigenvalue weighted by atomic mass is 16.7. The van der Waals surface area contributed by atoms with Crippen molar-refractivity contribution in [2.75, 3.05) is 6.61 Å². The molecule has 2 N–H and O–H groups in total. The third-order valence-electron chi connectivity index (χ3n) is 2.76. The van der Waals surface area contributed by atoms with E-state index in [2.05, 4.69) is 9.47 Å². The Morgan fingerprint density at radius 3 is 2.35 bits per heavy atom. The van der Waals surface area contributed by atoms with Crippen LogP contribution in [0, 0.1) is 5.41 Å². The van der Waals surface area contributed by atoms with Crippen molar-refractivity contribution in [1.29, 1.82) is 0 Å². The van der Waals surface area contributed by atoms with Crippen LogP contribution in [0.4, 0.5) is 4.79 Å². The third-order valence-corrected chi connectivity index (χ3v) is 2.76. The quantitative estimate of drug-likeness (QED) is 0.804. The van der Waals surface area contributed by atoms with Crippen LogP contribution in [0.25, 0.3) is 0 Å². The van der Waals surface area contributed by atoms with E-state index in [4.69, 9.17) is 10.2 Å². The molecule has 2 rings (SSSR count). The number of rotatable bonds is 2. The number of ether oxygens (including phenoxy) is 2. The number of benzene rings is 1. The van der Waals surface area contributed by atoms with Gasteiger partial charge in [0.1, 0.15) is 6.61 Å². The van der Waals surface area contributed by atoms with Crippen molar-refractivity contribution < 1.29 is 29.3 Å². The molecule has 1 aliphatic heterocycles. The molecule has 1 saturated heterocycles. The van der Waals surface area contributed by atoms with E-state index in [0.717, 1.165) is 5.56 Å². The van der Waals surface area contributed by atoms with Crippen LogP contribution in [0.15, 0.2) is 30.3 Å². The lowest BCUT2D eigenvalue weighted by Crippen LogP contribution is -2.29. The zero-order valence-electron chi connectivity index (χ0n) is 11.4. The maximum Gasteiger partial charge on any atom is 0.506 e. The predicted molar refractivity (Wildman–Crippen MR) is 70.0 cm³/mol. The van der Waals surface area contributed by atoms with E-state index in [-0.39, 0.29) is 6.61 Å². The van der Waals surface area contributed by atoms with Crippen molar-refractivity contribution in [2.24, 2.45) is 5.41 Å². The largest absolute Gasteiger partial charge is 0.506 e. The summed E-state index contributed by atoms with van der Waals surface area (Å²) < 4.78 is 8.94. The Kier molecular flexibility index (Phi) is 5.52.